The molecule has 38 heavy (non-hydrogen) atoms. The molecule has 1 N–H and O–H groups in total. The number of sulfonamides is 1. The number of anilines is 1. The molecule has 0 aliphatic rings. The maximum atomic E-state index is 13.6. The van der Waals surface area contributed by atoms with Crippen molar-refractivity contribution in [3.63, 3.8) is 0 Å². The lowest BCUT2D eigenvalue weighted by Crippen LogP contribution is -2.52. The number of amides is 2. The number of carbonyl (C=O) groups excluding carboxylic acids is 2. The summed E-state index contributed by atoms with van der Waals surface area (Å²) in [7, 11) is -4.18. The summed E-state index contributed by atoms with van der Waals surface area (Å²) in [6, 6.07) is 7.37. The number of carbonyl (C=O) groups is 2. The molecule has 2 aromatic rings. The lowest BCUT2D eigenvalue weighted by Gasteiger charge is -2.33. The summed E-state index contributed by atoms with van der Waals surface area (Å²) >= 11 is 12.1. The predicted molar refractivity (Wildman–Crippen MR) is 143 cm³/mol. The van der Waals surface area contributed by atoms with Gasteiger partial charge in [-0.05, 0) is 48.7 Å². The van der Waals surface area contributed by atoms with Gasteiger partial charge in [-0.2, -0.15) is 13.2 Å². The van der Waals surface area contributed by atoms with E-state index in [1.165, 1.54) is 23.1 Å². The van der Waals surface area contributed by atoms with Gasteiger partial charge in [0.1, 0.15) is 12.6 Å². The Balaban J connectivity index is 2.48. The molecule has 0 unspecified atom stereocenters. The van der Waals surface area contributed by atoms with Crippen molar-refractivity contribution in [1.82, 2.24) is 10.2 Å². The standard InChI is InChI=1S/C25H30Cl2F3N3O4S/c1-4-6-12-31-24(35)22(5-2)32(15-17-10-11-20(26)21(27)13-17)23(34)16-33(38(3,36)37)19-9-7-8-18(14-19)25(28,29)30/h7-11,13-14,22H,4-6,12,15-16H2,1-3H3,(H,31,35)/t22-/m1/s1. The fraction of sp³-hybridized carbons (Fsp3) is 0.440. The Kier molecular flexibility index (Phi) is 11.3. The highest BCUT2D eigenvalue weighted by Gasteiger charge is 2.34. The summed E-state index contributed by atoms with van der Waals surface area (Å²) in [5.74, 6) is -1.21. The van der Waals surface area contributed by atoms with Crippen LogP contribution in [0.2, 0.25) is 10.0 Å². The molecular formula is C25H30Cl2F3N3O4S. The van der Waals surface area contributed by atoms with Crippen LogP contribution in [0.25, 0.3) is 0 Å². The molecule has 0 spiro atoms. The number of nitrogens with zero attached hydrogens (tertiary/aromatic N) is 2. The van der Waals surface area contributed by atoms with Gasteiger partial charge in [-0.1, -0.05) is 55.6 Å². The average Bonchev–Trinajstić information content (AvgIpc) is 2.83. The Morgan fingerprint density at radius 3 is 2.29 bits per heavy atom. The van der Waals surface area contributed by atoms with Gasteiger partial charge in [0.05, 0.1) is 27.6 Å². The summed E-state index contributed by atoms with van der Waals surface area (Å²) in [5, 5.41) is 3.28. The topological polar surface area (TPSA) is 86.8 Å². The van der Waals surface area contributed by atoms with Crippen LogP contribution < -0.4 is 9.62 Å². The maximum absolute atomic E-state index is 13.6. The number of benzene rings is 2. The largest absolute Gasteiger partial charge is 0.416 e. The monoisotopic (exact) mass is 595 g/mol. The molecule has 1 atom stereocenters. The van der Waals surface area contributed by atoms with Crippen LogP contribution in [-0.4, -0.2) is 50.5 Å². The van der Waals surface area contributed by atoms with Crippen LogP contribution in [0, 0.1) is 0 Å². The fourth-order valence-corrected chi connectivity index (χ4v) is 4.87. The second-order valence-corrected chi connectivity index (χ2v) is 11.4. The Morgan fingerprint density at radius 1 is 1.05 bits per heavy atom. The first kappa shape index (κ1) is 31.7. The molecule has 2 amide bonds. The first-order valence-electron chi connectivity index (χ1n) is 11.8. The van der Waals surface area contributed by atoms with Crippen LogP contribution in [0.4, 0.5) is 18.9 Å². The average molecular weight is 596 g/mol. The van der Waals surface area contributed by atoms with Gasteiger partial charge < -0.3 is 10.2 Å². The van der Waals surface area contributed by atoms with Gasteiger partial charge in [0, 0.05) is 13.1 Å². The highest BCUT2D eigenvalue weighted by molar-refractivity contribution is 7.92. The third-order valence-electron chi connectivity index (χ3n) is 5.69. The molecule has 210 valence electrons. The normalized spacial score (nSPS) is 12.6. The van der Waals surface area contributed by atoms with Crippen molar-refractivity contribution >= 4 is 50.7 Å². The van der Waals surface area contributed by atoms with Crippen molar-refractivity contribution in [2.75, 3.05) is 23.7 Å². The molecule has 7 nitrogen and oxygen atoms in total. The van der Waals surface area contributed by atoms with E-state index >= 15 is 0 Å². The second kappa shape index (κ2) is 13.5. The molecule has 0 radical (unpaired) electrons. The van der Waals surface area contributed by atoms with Gasteiger partial charge in [-0.3, -0.25) is 13.9 Å². The molecule has 0 aromatic heterocycles. The van der Waals surface area contributed by atoms with Gasteiger partial charge in [0.2, 0.25) is 21.8 Å². The first-order chi connectivity index (χ1) is 17.7. The molecule has 0 heterocycles. The molecule has 0 saturated heterocycles. The van der Waals surface area contributed by atoms with Crippen molar-refractivity contribution in [3.8, 4) is 0 Å². The van der Waals surface area contributed by atoms with Crippen LogP contribution in [0.15, 0.2) is 42.5 Å². The minimum absolute atomic E-state index is 0.115. The molecule has 0 bridgehead atoms. The van der Waals surface area contributed by atoms with Gasteiger partial charge in [-0.15, -0.1) is 0 Å². The van der Waals surface area contributed by atoms with Crippen LogP contribution >= 0.6 is 23.2 Å². The van der Waals surface area contributed by atoms with Crippen molar-refractivity contribution < 1.29 is 31.2 Å². The highest BCUT2D eigenvalue weighted by atomic mass is 35.5. The maximum Gasteiger partial charge on any atom is 0.416 e. The minimum Gasteiger partial charge on any atom is -0.354 e. The highest BCUT2D eigenvalue weighted by Crippen LogP contribution is 2.32. The van der Waals surface area contributed by atoms with E-state index in [2.05, 4.69) is 5.32 Å². The van der Waals surface area contributed by atoms with Crippen molar-refractivity contribution in [3.05, 3.63) is 63.6 Å². The van der Waals surface area contributed by atoms with Gasteiger partial charge >= 0.3 is 6.18 Å². The quantitative estimate of drug-likeness (QED) is 0.328. The van der Waals surface area contributed by atoms with Crippen LogP contribution in [-0.2, 0) is 32.3 Å². The van der Waals surface area contributed by atoms with Gasteiger partial charge in [0.25, 0.3) is 0 Å². The first-order valence-corrected chi connectivity index (χ1v) is 14.5. The molecule has 0 aliphatic heterocycles. The van der Waals surface area contributed by atoms with Crippen molar-refractivity contribution in [1.29, 1.82) is 0 Å². The zero-order valence-electron chi connectivity index (χ0n) is 21.2. The van der Waals surface area contributed by atoms with E-state index in [1.54, 1.807) is 13.0 Å². The Bertz CT molecular complexity index is 1240. The summed E-state index contributed by atoms with van der Waals surface area (Å²) < 4.78 is 65.6. The SMILES string of the molecule is CCCCNC(=O)[C@@H](CC)N(Cc1ccc(Cl)c(Cl)c1)C(=O)CN(c1cccc(C(F)(F)F)c1)S(C)(=O)=O. The molecular weight excluding hydrogens is 566 g/mol. The molecule has 0 aliphatic carbocycles. The van der Waals surface area contributed by atoms with E-state index in [1.807, 2.05) is 6.92 Å². The molecule has 13 heteroatoms. The number of halogens is 5. The minimum atomic E-state index is -4.72. The zero-order chi connectivity index (χ0) is 28.7. The van der Waals surface area contributed by atoms with Crippen LogP contribution in [0.5, 0.6) is 0 Å². The summed E-state index contributed by atoms with van der Waals surface area (Å²) in [5.41, 5.74) is -0.867. The number of nitrogens with one attached hydrogen (secondary N) is 1. The van der Waals surface area contributed by atoms with E-state index in [9.17, 15) is 31.2 Å². The molecule has 2 rings (SSSR count). The molecule has 2 aromatic carbocycles. The summed E-state index contributed by atoms with van der Waals surface area (Å²) in [6.07, 6.45) is -2.16. The summed E-state index contributed by atoms with van der Waals surface area (Å²) in [6.45, 7) is 3.10. The number of rotatable bonds is 12. The smallest absolute Gasteiger partial charge is 0.354 e. The Labute approximate surface area is 230 Å². The lowest BCUT2D eigenvalue weighted by atomic mass is 10.1. The number of hydrogen-bond acceptors (Lipinski definition) is 4. The van der Waals surface area contributed by atoms with Gasteiger partial charge in [0.15, 0.2) is 0 Å². The number of unbranched alkanes of at least 4 members (excludes halogenated alkanes) is 1. The fourth-order valence-electron chi connectivity index (χ4n) is 3.71. The van der Waals surface area contributed by atoms with E-state index < -0.39 is 46.2 Å². The third-order valence-corrected chi connectivity index (χ3v) is 7.57. The number of alkyl halides is 3. The second-order valence-electron chi connectivity index (χ2n) is 8.66. The zero-order valence-corrected chi connectivity index (χ0v) is 23.5. The molecule has 0 fully saturated rings. The number of hydrogen-bond donors (Lipinski definition) is 1. The predicted octanol–water partition coefficient (Wildman–Crippen LogP) is 5.50. The van der Waals surface area contributed by atoms with Crippen LogP contribution in [0.3, 0.4) is 0 Å². The van der Waals surface area contributed by atoms with E-state index in [0.717, 1.165) is 31.2 Å². The van der Waals surface area contributed by atoms with Crippen molar-refractivity contribution in [2.24, 2.45) is 0 Å². The Morgan fingerprint density at radius 2 is 1.74 bits per heavy atom. The van der Waals surface area contributed by atoms with E-state index in [4.69, 9.17) is 23.2 Å². The summed E-state index contributed by atoms with van der Waals surface area (Å²) in [4.78, 5) is 27.8. The van der Waals surface area contributed by atoms with E-state index in [0.29, 0.717) is 22.5 Å². The Hall–Kier alpha value is -2.50. The van der Waals surface area contributed by atoms with Crippen LogP contribution in [0.1, 0.15) is 44.2 Å². The van der Waals surface area contributed by atoms with Crippen molar-refractivity contribution in [2.45, 2.75) is 51.9 Å². The molecule has 0 saturated carbocycles. The lowest BCUT2D eigenvalue weighted by molar-refractivity contribution is -0.140. The van der Waals surface area contributed by atoms with E-state index in [-0.39, 0.29) is 28.7 Å². The van der Waals surface area contributed by atoms with Gasteiger partial charge in [-0.25, -0.2) is 8.42 Å². The third kappa shape index (κ3) is 8.78.